The Balaban J connectivity index is 2.04. The Morgan fingerprint density at radius 2 is 1.85 bits per heavy atom. The molecule has 0 radical (unpaired) electrons. The highest BCUT2D eigenvalue weighted by Gasteiger charge is 2.13. The lowest BCUT2D eigenvalue weighted by Crippen LogP contribution is -1.90. The van der Waals surface area contributed by atoms with Crippen molar-refractivity contribution in [2.24, 2.45) is 0 Å². The van der Waals surface area contributed by atoms with Crippen molar-refractivity contribution in [3.05, 3.63) is 41.2 Å². The maximum atomic E-state index is 9.37. The molecule has 0 saturated heterocycles. The average molecular weight is 273 g/mol. The van der Waals surface area contributed by atoms with Crippen LogP contribution in [-0.2, 0) is 13.0 Å². The van der Waals surface area contributed by atoms with E-state index in [1.165, 1.54) is 31.2 Å². The van der Waals surface area contributed by atoms with E-state index in [1.807, 2.05) is 6.92 Å². The molecule has 108 valence electrons. The summed E-state index contributed by atoms with van der Waals surface area (Å²) in [5.74, 6) is 0.686. The molecule has 0 aliphatic carbocycles. The van der Waals surface area contributed by atoms with Crippen LogP contribution in [0.5, 0.6) is 0 Å². The highest BCUT2D eigenvalue weighted by molar-refractivity contribution is 5.63. The van der Waals surface area contributed by atoms with E-state index in [0.29, 0.717) is 5.76 Å². The van der Waals surface area contributed by atoms with E-state index in [0.717, 1.165) is 23.2 Å². The fraction of sp³-hybridized carbons (Fsp3) is 0.471. The minimum Gasteiger partial charge on any atom is -0.391 e. The zero-order valence-electron chi connectivity index (χ0n) is 12.4. The first-order valence-corrected chi connectivity index (χ1v) is 7.41. The third kappa shape index (κ3) is 3.48. The summed E-state index contributed by atoms with van der Waals surface area (Å²) in [5, 5.41) is 13.4. The van der Waals surface area contributed by atoms with E-state index in [2.05, 4.69) is 36.3 Å². The highest BCUT2D eigenvalue weighted by Crippen LogP contribution is 2.25. The van der Waals surface area contributed by atoms with Crippen molar-refractivity contribution in [3.63, 3.8) is 0 Å². The summed E-state index contributed by atoms with van der Waals surface area (Å²) in [4.78, 5) is 0. The third-order valence-electron chi connectivity index (χ3n) is 3.69. The fourth-order valence-corrected chi connectivity index (χ4v) is 2.39. The summed E-state index contributed by atoms with van der Waals surface area (Å²) in [7, 11) is 0. The molecule has 0 atom stereocenters. The first kappa shape index (κ1) is 14.8. The molecule has 1 aromatic heterocycles. The summed E-state index contributed by atoms with van der Waals surface area (Å²) < 4.78 is 5.15. The van der Waals surface area contributed by atoms with Crippen LogP contribution in [0.25, 0.3) is 11.3 Å². The number of aromatic nitrogens is 1. The van der Waals surface area contributed by atoms with Crippen molar-refractivity contribution in [2.45, 2.75) is 52.6 Å². The van der Waals surface area contributed by atoms with Gasteiger partial charge in [0.05, 0.1) is 6.61 Å². The summed E-state index contributed by atoms with van der Waals surface area (Å²) in [6.07, 6.45) is 6.27. The minimum atomic E-state index is -0.0383. The molecule has 0 amide bonds. The van der Waals surface area contributed by atoms with Crippen molar-refractivity contribution >= 4 is 0 Å². The standard InChI is InChI=1S/C17H23NO2/c1-3-4-5-6-7-14-8-10-15(11-9-14)17-16(12-19)13(2)20-18-17/h8-11,19H,3-7,12H2,1-2H3. The molecule has 2 rings (SSSR count). The first-order valence-electron chi connectivity index (χ1n) is 7.41. The predicted octanol–water partition coefficient (Wildman–Crippen LogP) is 4.27. The van der Waals surface area contributed by atoms with Crippen molar-refractivity contribution in [1.82, 2.24) is 5.16 Å². The number of aliphatic hydroxyl groups excluding tert-OH is 1. The number of hydrogen-bond donors (Lipinski definition) is 1. The number of rotatable bonds is 7. The van der Waals surface area contributed by atoms with Crippen LogP contribution in [0.15, 0.2) is 28.8 Å². The van der Waals surface area contributed by atoms with Gasteiger partial charge >= 0.3 is 0 Å². The number of aryl methyl sites for hydroxylation is 2. The van der Waals surface area contributed by atoms with Gasteiger partial charge in [-0.05, 0) is 25.3 Å². The molecule has 0 spiro atoms. The molecule has 0 saturated carbocycles. The van der Waals surface area contributed by atoms with Crippen LogP contribution < -0.4 is 0 Å². The molecule has 0 aliphatic rings. The van der Waals surface area contributed by atoms with Gasteiger partial charge in [0.2, 0.25) is 0 Å². The number of hydrogen-bond acceptors (Lipinski definition) is 3. The third-order valence-corrected chi connectivity index (χ3v) is 3.69. The first-order chi connectivity index (χ1) is 9.76. The van der Waals surface area contributed by atoms with Crippen LogP contribution in [-0.4, -0.2) is 10.3 Å². The molecular weight excluding hydrogens is 250 g/mol. The maximum Gasteiger partial charge on any atom is 0.139 e. The van der Waals surface area contributed by atoms with Crippen LogP contribution in [0.3, 0.4) is 0 Å². The van der Waals surface area contributed by atoms with Crippen LogP contribution in [0.4, 0.5) is 0 Å². The Bertz CT molecular complexity index is 528. The molecule has 0 aliphatic heterocycles. The van der Waals surface area contributed by atoms with Gasteiger partial charge in [0.15, 0.2) is 0 Å². The van der Waals surface area contributed by atoms with Gasteiger partial charge < -0.3 is 9.63 Å². The van der Waals surface area contributed by atoms with Gasteiger partial charge in [0.25, 0.3) is 0 Å². The smallest absolute Gasteiger partial charge is 0.139 e. The molecule has 2 aromatic rings. The summed E-state index contributed by atoms with van der Waals surface area (Å²) in [6, 6.07) is 8.41. The zero-order valence-corrected chi connectivity index (χ0v) is 12.4. The molecule has 0 unspecified atom stereocenters. The Labute approximate surface area is 120 Å². The molecular formula is C17H23NO2. The number of aliphatic hydroxyl groups is 1. The van der Waals surface area contributed by atoms with Gasteiger partial charge in [0.1, 0.15) is 11.5 Å². The molecule has 3 heteroatoms. The number of nitrogens with zero attached hydrogens (tertiary/aromatic N) is 1. The highest BCUT2D eigenvalue weighted by atomic mass is 16.5. The van der Waals surface area contributed by atoms with Crippen LogP contribution in [0.1, 0.15) is 49.5 Å². The van der Waals surface area contributed by atoms with E-state index in [4.69, 9.17) is 4.52 Å². The van der Waals surface area contributed by atoms with Gasteiger partial charge in [-0.15, -0.1) is 0 Å². The zero-order chi connectivity index (χ0) is 14.4. The quantitative estimate of drug-likeness (QED) is 0.766. The number of unbranched alkanes of at least 4 members (excludes halogenated alkanes) is 3. The SMILES string of the molecule is CCCCCCc1ccc(-c2noc(C)c2CO)cc1. The lowest BCUT2D eigenvalue weighted by molar-refractivity contribution is 0.278. The van der Waals surface area contributed by atoms with Gasteiger partial charge in [-0.1, -0.05) is 55.6 Å². The molecule has 3 nitrogen and oxygen atoms in total. The van der Waals surface area contributed by atoms with Gasteiger partial charge in [-0.3, -0.25) is 0 Å². The lowest BCUT2D eigenvalue weighted by atomic mass is 10.0. The monoisotopic (exact) mass is 273 g/mol. The lowest BCUT2D eigenvalue weighted by Gasteiger charge is -2.03. The summed E-state index contributed by atoms with van der Waals surface area (Å²) in [5.41, 5.74) is 3.89. The molecule has 20 heavy (non-hydrogen) atoms. The molecule has 1 N–H and O–H groups in total. The van der Waals surface area contributed by atoms with E-state index >= 15 is 0 Å². The molecule has 0 fully saturated rings. The second-order valence-electron chi connectivity index (χ2n) is 5.23. The van der Waals surface area contributed by atoms with Gasteiger partial charge in [-0.25, -0.2) is 0 Å². The number of benzene rings is 1. The van der Waals surface area contributed by atoms with Gasteiger partial charge in [-0.2, -0.15) is 0 Å². The van der Waals surface area contributed by atoms with Crippen LogP contribution >= 0.6 is 0 Å². The van der Waals surface area contributed by atoms with Crippen molar-refractivity contribution < 1.29 is 9.63 Å². The van der Waals surface area contributed by atoms with Crippen molar-refractivity contribution in [2.75, 3.05) is 0 Å². The fourth-order valence-electron chi connectivity index (χ4n) is 2.39. The Morgan fingerprint density at radius 3 is 2.50 bits per heavy atom. The molecule has 1 heterocycles. The van der Waals surface area contributed by atoms with Crippen LogP contribution in [0.2, 0.25) is 0 Å². The summed E-state index contributed by atoms with van der Waals surface area (Å²) in [6.45, 7) is 4.01. The van der Waals surface area contributed by atoms with Crippen molar-refractivity contribution in [1.29, 1.82) is 0 Å². The minimum absolute atomic E-state index is 0.0383. The normalized spacial score (nSPS) is 10.9. The second kappa shape index (κ2) is 7.25. The van der Waals surface area contributed by atoms with E-state index < -0.39 is 0 Å². The molecule has 0 bridgehead atoms. The van der Waals surface area contributed by atoms with Crippen molar-refractivity contribution in [3.8, 4) is 11.3 Å². The average Bonchev–Trinajstić information content (AvgIpc) is 2.85. The Hall–Kier alpha value is -1.61. The topological polar surface area (TPSA) is 46.3 Å². The largest absolute Gasteiger partial charge is 0.391 e. The maximum absolute atomic E-state index is 9.37. The van der Waals surface area contributed by atoms with Gasteiger partial charge in [0, 0.05) is 11.1 Å². The molecule has 1 aromatic carbocycles. The van der Waals surface area contributed by atoms with E-state index in [9.17, 15) is 5.11 Å². The van der Waals surface area contributed by atoms with Crippen LogP contribution in [0, 0.1) is 6.92 Å². The van der Waals surface area contributed by atoms with E-state index in [1.54, 1.807) is 0 Å². The second-order valence-corrected chi connectivity index (χ2v) is 5.23. The Kier molecular flexibility index (Phi) is 5.36. The Morgan fingerprint density at radius 1 is 1.10 bits per heavy atom. The van der Waals surface area contributed by atoms with E-state index in [-0.39, 0.29) is 6.61 Å². The predicted molar refractivity (Wildman–Crippen MR) is 80.4 cm³/mol. The summed E-state index contributed by atoms with van der Waals surface area (Å²) >= 11 is 0.